The molecule has 2 heteroatoms. The molecule has 1 aliphatic rings. The summed E-state index contributed by atoms with van der Waals surface area (Å²) >= 11 is 3.53. The third-order valence-corrected chi connectivity index (χ3v) is 4.11. The zero-order valence-corrected chi connectivity index (χ0v) is 11.4. The molecule has 2 aromatic rings. The van der Waals surface area contributed by atoms with E-state index in [1.807, 2.05) is 12.1 Å². The fraction of sp³-hybridized carbons (Fsp3) is 0.200. The molecule has 3 rings (SSSR count). The zero-order valence-electron chi connectivity index (χ0n) is 9.79. The molecule has 0 bridgehead atoms. The van der Waals surface area contributed by atoms with Crippen LogP contribution in [0.15, 0.2) is 40.9 Å². The van der Waals surface area contributed by atoms with Gasteiger partial charge in [-0.15, -0.1) is 0 Å². The molecule has 1 nitrogen and oxygen atoms in total. The highest BCUT2D eigenvalue weighted by molar-refractivity contribution is 9.10. The average molecular weight is 289 g/mol. The standard InChI is InChI=1S/C15H13BrO/c1-15(2)13-7-9(16)3-5-11(13)12-6-4-10(17)8-14(12)15/h3-8,17H,1-2H3. The minimum absolute atomic E-state index is 0.0484. The van der Waals surface area contributed by atoms with E-state index in [1.54, 1.807) is 6.07 Å². The van der Waals surface area contributed by atoms with E-state index in [4.69, 9.17) is 0 Å². The summed E-state index contributed by atoms with van der Waals surface area (Å²) in [5, 5.41) is 9.65. The normalized spacial score (nSPS) is 15.5. The minimum Gasteiger partial charge on any atom is -0.508 e. The van der Waals surface area contributed by atoms with Crippen LogP contribution >= 0.6 is 15.9 Å². The summed E-state index contributed by atoms with van der Waals surface area (Å²) < 4.78 is 1.10. The lowest BCUT2D eigenvalue weighted by atomic mass is 9.82. The SMILES string of the molecule is CC1(C)c2cc(O)ccc2-c2ccc(Br)cc21. The molecular formula is C15H13BrO. The Morgan fingerprint density at radius 1 is 0.941 bits per heavy atom. The van der Waals surface area contributed by atoms with Crippen molar-refractivity contribution in [2.24, 2.45) is 0 Å². The van der Waals surface area contributed by atoms with Gasteiger partial charge in [0.2, 0.25) is 0 Å². The molecule has 0 spiro atoms. The third-order valence-electron chi connectivity index (χ3n) is 3.62. The smallest absolute Gasteiger partial charge is 0.115 e. The van der Waals surface area contributed by atoms with Gasteiger partial charge in [0.05, 0.1) is 0 Å². The lowest BCUT2D eigenvalue weighted by Gasteiger charge is -2.21. The Morgan fingerprint density at radius 2 is 1.53 bits per heavy atom. The van der Waals surface area contributed by atoms with Crippen LogP contribution in [0.2, 0.25) is 0 Å². The third kappa shape index (κ3) is 1.44. The first kappa shape index (κ1) is 10.8. The summed E-state index contributed by atoms with van der Waals surface area (Å²) in [6, 6.07) is 12.0. The molecule has 0 radical (unpaired) electrons. The molecule has 0 atom stereocenters. The fourth-order valence-electron chi connectivity index (χ4n) is 2.70. The topological polar surface area (TPSA) is 20.2 Å². The quantitative estimate of drug-likeness (QED) is 0.759. The number of benzene rings is 2. The molecule has 0 fully saturated rings. The van der Waals surface area contributed by atoms with Gasteiger partial charge >= 0.3 is 0 Å². The maximum Gasteiger partial charge on any atom is 0.115 e. The van der Waals surface area contributed by atoms with E-state index in [-0.39, 0.29) is 5.41 Å². The Labute approximate surface area is 109 Å². The van der Waals surface area contributed by atoms with Crippen molar-refractivity contribution in [3.8, 4) is 16.9 Å². The number of phenolic OH excluding ortho intramolecular Hbond substituents is 1. The van der Waals surface area contributed by atoms with Crippen LogP contribution in [0.25, 0.3) is 11.1 Å². The Balaban J connectivity index is 2.37. The average Bonchev–Trinajstić information content (AvgIpc) is 2.49. The summed E-state index contributed by atoms with van der Waals surface area (Å²) in [7, 11) is 0. The fourth-order valence-corrected chi connectivity index (χ4v) is 3.06. The first-order chi connectivity index (χ1) is 8.00. The second-order valence-corrected chi connectivity index (χ2v) is 5.96. The Bertz CT molecular complexity index is 561. The van der Waals surface area contributed by atoms with Crippen LogP contribution < -0.4 is 0 Å². The molecule has 0 aliphatic heterocycles. The van der Waals surface area contributed by atoms with E-state index in [2.05, 4.69) is 48.0 Å². The van der Waals surface area contributed by atoms with Crippen molar-refractivity contribution in [3.63, 3.8) is 0 Å². The van der Waals surface area contributed by atoms with Gasteiger partial charge in [-0.25, -0.2) is 0 Å². The van der Waals surface area contributed by atoms with Crippen LogP contribution in [0.4, 0.5) is 0 Å². The number of hydrogen-bond acceptors (Lipinski definition) is 1. The second kappa shape index (κ2) is 3.36. The maximum absolute atomic E-state index is 9.65. The molecular weight excluding hydrogens is 276 g/mol. The number of aromatic hydroxyl groups is 1. The van der Waals surface area contributed by atoms with Gasteiger partial charge in [0.1, 0.15) is 5.75 Å². The van der Waals surface area contributed by atoms with Crippen molar-refractivity contribution in [1.29, 1.82) is 0 Å². The minimum atomic E-state index is -0.0484. The van der Waals surface area contributed by atoms with Crippen molar-refractivity contribution >= 4 is 15.9 Å². The molecule has 86 valence electrons. The van der Waals surface area contributed by atoms with E-state index < -0.39 is 0 Å². The first-order valence-electron chi connectivity index (χ1n) is 5.64. The van der Waals surface area contributed by atoms with Crippen LogP contribution in [0.1, 0.15) is 25.0 Å². The molecule has 1 N–H and O–H groups in total. The van der Waals surface area contributed by atoms with Gasteiger partial charge < -0.3 is 5.11 Å². The largest absolute Gasteiger partial charge is 0.508 e. The Morgan fingerprint density at radius 3 is 2.24 bits per heavy atom. The molecule has 1 aliphatic carbocycles. The van der Waals surface area contributed by atoms with Crippen LogP contribution in [0.3, 0.4) is 0 Å². The predicted molar refractivity (Wildman–Crippen MR) is 73.4 cm³/mol. The lowest BCUT2D eigenvalue weighted by Crippen LogP contribution is -2.14. The summed E-state index contributed by atoms with van der Waals surface area (Å²) in [6.45, 7) is 4.40. The lowest BCUT2D eigenvalue weighted by molar-refractivity contribution is 0.473. The number of phenols is 1. The van der Waals surface area contributed by atoms with E-state index in [9.17, 15) is 5.11 Å². The van der Waals surface area contributed by atoms with E-state index >= 15 is 0 Å². The van der Waals surface area contributed by atoms with Gasteiger partial charge in [-0.1, -0.05) is 41.9 Å². The molecule has 17 heavy (non-hydrogen) atoms. The molecule has 0 saturated heterocycles. The van der Waals surface area contributed by atoms with Gasteiger partial charge in [-0.2, -0.15) is 0 Å². The van der Waals surface area contributed by atoms with Crippen molar-refractivity contribution in [2.45, 2.75) is 19.3 Å². The summed E-state index contributed by atoms with van der Waals surface area (Å²) in [4.78, 5) is 0. The second-order valence-electron chi connectivity index (χ2n) is 5.04. The van der Waals surface area contributed by atoms with E-state index in [0.29, 0.717) is 5.75 Å². The van der Waals surface area contributed by atoms with E-state index in [0.717, 1.165) is 4.47 Å². The van der Waals surface area contributed by atoms with Crippen LogP contribution in [0.5, 0.6) is 5.75 Å². The van der Waals surface area contributed by atoms with Gasteiger partial charge in [-0.05, 0) is 46.5 Å². The van der Waals surface area contributed by atoms with Crippen molar-refractivity contribution in [1.82, 2.24) is 0 Å². The van der Waals surface area contributed by atoms with Crippen LogP contribution in [-0.4, -0.2) is 5.11 Å². The maximum atomic E-state index is 9.65. The number of halogens is 1. The highest BCUT2D eigenvalue weighted by atomic mass is 79.9. The Kier molecular flexibility index (Phi) is 2.14. The van der Waals surface area contributed by atoms with Gasteiger partial charge in [0, 0.05) is 9.89 Å². The highest BCUT2D eigenvalue weighted by Crippen LogP contribution is 2.49. The van der Waals surface area contributed by atoms with Crippen LogP contribution in [-0.2, 0) is 5.41 Å². The zero-order chi connectivity index (χ0) is 12.2. The summed E-state index contributed by atoms with van der Waals surface area (Å²) in [5.74, 6) is 0.337. The first-order valence-corrected chi connectivity index (χ1v) is 6.43. The number of hydrogen-bond donors (Lipinski definition) is 1. The van der Waals surface area contributed by atoms with Crippen molar-refractivity contribution in [3.05, 3.63) is 52.0 Å². The van der Waals surface area contributed by atoms with Crippen molar-refractivity contribution < 1.29 is 5.11 Å². The molecule has 0 amide bonds. The number of fused-ring (bicyclic) bond motifs is 3. The molecule has 2 aromatic carbocycles. The number of rotatable bonds is 0. The van der Waals surface area contributed by atoms with Gasteiger partial charge in [-0.3, -0.25) is 0 Å². The van der Waals surface area contributed by atoms with Gasteiger partial charge in [0.25, 0.3) is 0 Å². The van der Waals surface area contributed by atoms with Gasteiger partial charge in [0.15, 0.2) is 0 Å². The molecule has 0 aromatic heterocycles. The molecule has 0 heterocycles. The van der Waals surface area contributed by atoms with Crippen molar-refractivity contribution in [2.75, 3.05) is 0 Å². The molecule has 0 saturated carbocycles. The monoisotopic (exact) mass is 288 g/mol. The summed E-state index contributed by atoms with van der Waals surface area (Å²) in [6.07, 6.45) is 0. The Hall–Kier alpha value is -1.28. The van der Waals surface area contributed by atoms with Crippen LogP contribution in [0, 0.1) is 0 Å². The predicted octanol–water partition coefficient (Wildman–Crippen LogP) is 4.46. The molecule has 0 unspecified atom stereocenters. The highest BCUT2D eigenvalue weighted by Gasteiger charge is 2.35. The van der Waals surface area contributed by atoms with E-state index in [1.165, 1.54) is 22.3 Å². The summed E-state index contributed by atoms with van der Waals surface area (Å²) in [5.41, 5.74) is 4.97.